The zero-order valence-electron chi connectivity index (χ0n) is 9.50. The molecular formula is C13H7FN2O2S. The molecule has 1 aromatic heterocycles. The van der Waals surface area contributed by atoms with Crippen molar-refractivity contribution in [3.05, 3.63) is 53.5 Å². The van der Waals surface area contributed by atoms with Gasteiger partial charge in [0.25, 0.3) is 0 Å². The first-order valence-corrected chi connectivity index (χ1v) is 5.98. The lowest BCUT2D eigenvalue weighted by Crippen LogP contribution is -1.97. The van der Waals surface area contributed by atoms with Gasteiger partial charge in [0.15, 0.2) is 0 Å². The monoisotopic (exact) mass is 274 g/mol. The van der Waals surface area contributed by atoms with E-state index in [1.165, 1.54) is 18.3 Å². The molecule has 0 spiro atoms. The van der Waals surface area contributed by atoms with E-state index in [2.05, 4.69) is 4.98 Å². The Bertz CT molecular complexity index is 665. The first kappa shape index (κ1) is 13.1. The predicted molar refractivity (Wildman–Crippen MR) is 66.4 cm³/mol. The molecular weight excluding hydrogens is 267 g/mol. The van der Waals surface area contributed by atoms with Gasteiger partial charge >= 0.3 is 5.97 Å². The van der Waals surface area contributed by atoms with Crippen molar-refractivity contribution < 1.29 is 14.3 Å². The molecule has 0 atom stereocenters. The molecule has 0 fully saturated rings. The van der Waals surface area contributed by atoms with Gasteiger partial charge in [-0.3, -0.25) is 0 Å². The number of hydrogen-bond acceptors (Lipinski definition) is 4. The van der Waals surface area contributed by atoms with Crippen LogP contribution in [-0.4, -0.2) is 16.1 Å². The molecule has 0 amide bonds. The molecule has 19 heavy (non-hydrogen) atoms. The Morgan fingerprint density at radius 1 is 1.37 bits per heavy atom. The van der Waals surface area contributed by atoms with Gasteiger partial charge in [0, 0.05) is 6.20 Å². The van der Waals surface area contributed by atoms with Gasteiger partial charge in [-0.25, -0.2) is 14.2 Å². The minimum absolute atomic E-state index is 0.0116. The lowest BCUT2D eigenvalue weighted by Gasteiger charge is -2.04. The van der Waals surface area contributed by atoms with E-state index in [-0.39, 0.29) is 10.5 Å². The number of halogens is 1. The average molecular weight is 274 g/mol. The van der Waals surface area contributed by atoms with Gasteiger partial charge in [-0.2, -0.15) is 5.26 Å². The number of carbonyl (C=O) groups is 1. The van der Waals surface area contributed by atoms with Crippen LogP contribution in [0.3, 0.4) is 0 Å². The van der Waals surface area contributed by atoms with E-state index < -0.39 is 11.8 Å². The largest absolute Gasteiger partial charge is 0.478 e. The fourth-order valence-corrected chi connectivity index (χ4v) is 2.15. The molecule has 1 N–H and O–H groups in total. The SMILES string of the molecule is N#Cc1ccc(Sc2cc(C(=O)O)ccc2F)nc1. The third kappa shape index (κ3) is 3.09. The molecule has 0 saturated heterocycles. The van der Waals surface area contributed by atoms with Crippen molar-refractivity contribution in [3.8, 4) is 6.07 Å². The Labute approximate surface area is 112 Å². The van der Waals surface area contributed by atoms with Crippen molar-refractivity contribution in [1.29, 1.82) is 5.26 Å². The highest BCUT2D eigenvalue weighted by molar-refractivity contribution is 7.99. The molecule has 2 rings (SSSR count). The van der Waals surface area contributed by atoms with Crippen molar-refractivity contribution >= 4 is 17.7 Å². The molecule has 1 heterocycles. The van der Waals surface area contributed by atoms with Crippen molar-refractivity contribution in [2.75, 3.05) is 0 Å². The maximum absolute atomic E-state index is 13.6. The van der Waals surface area contributed by atoms with Crippen molar-refractivity contribution in [3.63, 3.8) is 0 Å². The van der Waals surface area contributed by atoms with Crippen LogP contribution >= 0.6 is 11.8 Å². The van der Waals surface area contributed by atoms with Crippen LogP contribution in [0.15, 0.2) is 46.5 Å². The summed E-state index contributed by atoms with van der Waals surface area (Å²) in [7, 11) is 0. The van der Waals surface area contributed by atoms with Gasteiger partial charge in [0.2, 0.25) is 0 Å². The molecule has 2 aromatic rings. The number of nitrogens with zero attached hydrogens (tertiary/aromatic N) is 2. The second-order valence-corrected chi connectivity index (χ2v) is 4.61. The number of nitriles is 1. The zero-order valence-corrected chi connectivity index (χ0v) is 10.3. The van der Waals surface area contributed by atoms with Crippen LogP contribution in [0.5, 0.6) is 0 Å². The zero-order chi connectivity index (χ0) is 13.8. The Balaban J connectivity index is 2.29. The van der Waals surface area contributed by atoms with Gasteiger partial charge in [0.1, 0.15) is 16.9 Å². The Morgan fingerprint density at radius 2 is 2.16 bits per heavy atom. The summed E-state index contributed by atoms with van der Waals surface area (Å²) in [5.74, 6) is -1.63. The Hall–Kier alpha value is -2.39. The van der Waals surface area contributed by atoms with Crippen LogP contribution in [0.4, 0.5) is 4.39 Å². The van der Waals surface area contributed by atoms with E-state index in [4.69, 9.17) is 10.4 Å². The van der Waals surface area contributed by atoms with Gasteiger partial charge in [0.05, 0.1) is 16.0 Å². The number of pyridine rings is 1. The minimum atomic E-state index is -1.12. The summed E-state index contributed by atoms with van der Waals surface area (Å²) in [5, 5.41) is 18.0. The molecule has 0 saturated carbocycles. The summed E-state index contributed by atoms with van der Waals surface area (Å²) in [5.41, 5.74) is 0.418. The van der Waals surface area contributed by atoms with E-state index >= 15 is 0 Å². The highest BCUT2D eigenvalue weighted by atomic mass is 32.2. The highest BCUT2D eigenvalue weighted by Gasteiger charge is 2.10. The smallest absolute Gasteiger partial charge is 0.335 e. The number of benzene rings is 1. The molecule has 6 heteroatoms. The highest BCUT2D eigenvalue weighted by Crippen LogP contribution is 2.29. The van der Waals surface area contributed by atoms with Crippen LogP contribution in [0, 0.1) is 17.1 Å². The van der Waals surface area contributed by atoms with Crippen molar-refractivity contribution in [2.24, 2.45) is 0 Å². The summed E-state index contributed by atoms with van der Waals surface area (Å²) < 4.78 is 13.6. The number of carboxylic acids is 1. The predicted octanol–water partition coefficient (Wildman–Crippen LogP) is 2.94. The molecule has 4 nitrogen and oxygen atoms in total. The van der Waals surface area contributed by atoms with Crippen LogP contribution < -0.4 is 0 Å². The van der Waals surface area contributed by atoms with Crippen LogP contribution in [0.1, 0.15) is 15.9 Å². The molecule has 94 valence electrons. The molecule has 0 aliphatic heterocycles. The molecule has 0 aliphatic carbocycles. The van der Waals surface area contributed by atoms with Gasteiger partial charge in [-0.15, -0.1) is 0 Å². The van der Waals surface area contributed by atoms with Gasteiger partial charge in [-0.1, -0.05) is 11.8 Å². The van der Waals surface area contributed by atoms with Gasteiger partial charge in [-0.05, 0) is 30.3 Å². The van der Waals surface area contributed by atoms with Crippen molar-refractivity contribution in [1.82, 2.24) is 4.98 Å². The quantitative estimate of drug-likeness (QED) is 0.931. The molecule has 0 bridgehead atoms. The topological polar surface area (TPSA) is 74.0 Å². The maximum atomic E-state index is 13.6. The van der Waals surface area contributed by atoms with Crippen LogP contribution in [-0.2, 0) is 0 Å². The fourth-order valence-electron chi connectivity index (χ4n) is 1.33. The lowest BCUT2D eigenvalue weighted by atomic mass is 10.2. The number of aromatic carboxylic acids is 1. The van der Waals surface area contributed by atoms with Gasteiger partial charge < -0.3 is 5.11 Å². The van der Waals surface area contributed by atoms with E-state index in [1.807, 2.05) is 6.07 Å². The third-order valence-electron chi connectivity index (χ3n) is 2.26. The number of aromatic nitrogens is 1. The minimum Gasteiger partial charge on any atom is -0.478 e. The second kappa shape index (κ2) is 5.50. The molecule has 0 radical (unpaired) electrons. The molecule has 1 aromatic carbocycles. The number of carboxylic acid groups (broad SMARTS) is 1. The van der Waals surface area contributed by atoms with Crippen molar-refractivity contribution in [2.45, 2.75) is 9.92 Å². The van der Waals surface area contributed by atoms with E-state index in [1.54, 1.807) is 12.1 Å². The molecule has 0 aliphatic rings. The standard InChI is InChI=1S/C13H7FN2O2S/c14-10-3-2-9(13(17)18)5-11(10)19-12-4-1-8(6-15)7-16-12/h1-5,7H,(H,17,18). The first-order chi connectivity index (χ1) is 9.10. The fraction of sp³-hybridized carbons (Fsp3) is 0. The van der Waals surface area contributed by atoms with E-state index in [9.17, 15) is 9.18 Å². The van der Waals surface area contributed by atoms with E-state index in [0.717, 1.165) is 17.8 Å². The Kier molecular flexibility index (Phi) is 3.78. The summed E-state index contributed by atoms with van der Waals surface area (Å²) in [6.45, 7) is 0. The lowest BCUT2D eigenvalue weighted by molar-refractivity contribution is 0.0696. The average Bonchev–Trinajstić information content (AvgIpc) is 2.42. The normalized spacial score (nSPS) is 9.89. The summed E-state index contributed by atoms with van der Waals surface area (Å²) >= 11 is 1.01. The second-order valence-electron chi connectivity index (χ2n) is 3.55. The van der Waals surface area contributed by atoms with Crippen LogP contribution in [0.2, 0.25) is 0 Å². The number of hydrogen-bond donors (Lipinski definition) is 1. The molecule has 0 unspecified atom stereocenters. The summed E-state index contributed by atoms with van der Waals surface area (Å²) in [4.78, 5) is 15.0. The van der Waals surface area contributed by atoms with Crippen LogP contribution in [0.25, 0.3) is 0 Å². The first-order valence-electron chi connectivity index (χ1n) is 5.17. The number of rotatable bonds is 3. The van der Waals surface area contributed by atoms with E-state index in [0.29, 0.717) is 10.6 Å². The summed E-state index contributed by atoms with van der Waals surface area (Å²) in [6.07, 6.45) is 1.38. The Morgan fingerprint density at radius 3 is 2.74 bits per heavy atom. The summed E-state index contributed by atoms with van der Waals surface area (Å²) in [6, 6.07) is 8.63. The maximum Gasteiger partial charge on any atom is 0.335 e. The third-order valence-corrected chi connectivity index (χ3v) is 3.24.